The van der Waals surface area contributed by atoms with Crippen LogP contribution in [0.3, 0.4) is 0 Å². The summed E-state index contributed by atoms with van der Waals surface area (Å²) >= 11 is 4.48. The number of hydrogen-bond acceptors (Lipinski definition) is 5. The minimum atomic E-state index is -0.659. The van der Waals surface area contributed by atoms with Gasteiger partial charge < -0.3 is 10.1 Å². The molecule has 1 heterocycles. The number of anilines is 1. The van der Waals surface area contributed by atoms with Crippen molar-refractivity contribution in [2.75, 3.05) is 11.9 Å². The van der Waals surface area contributed by atoms with Gasteiger partial charge in [-0.2, -0.15) is 0 Å². The Morgan fingerprint density at radius 2 is 1.96 bits per heavy atom. The third-order valence-electron chi connectivity index (χ3n) is 3.14. The van der Waals surface area contributed by atoms with Crippen LogP contribution < -0.4 is 5.32 Å². The number of thiophene rings is 1. The van der Waals surface area contributed by atoms with Crippen LogP contribution in [0.25, 0.3) is 0 Å². The first-order valence-electron chi connectivity index (χ1n) is 7.35. The molecular weight excluding hydrogens is 413 g/mol. The largest absolute Gasteiger partial charge is 0.456 e. The molecule has 2 rings (SSSR count). The van der Waals surface area contributed by atoms with E-state index in [0.29, 0.717) is 9.35 Å². The molecule has 0 atom stereocenters. The zero-order valence-electron chi connectivity index (χ0n) is 13.3. The minimum absolute atomic E-state index is 0.00695. The Kier molecular flexibility index (Phi) is 6.83. The smallest absolute Gasteiger partial charge is 0.306 e. The van der Waals surface area contributed by atoms with E-state index in [1.165, 1.54) is 23.5 Å². The normalized spacial score (nSPS) is 10.4. The SMILES string of the molecule is Cc1ccc(C(=O)CCC(=O)OCC(=O)Nc2ccc(Br)cc2F)s1. The molecule has 1 N–H and O–H groups in total. The quantitative estimate of drug-likeness (QED) is 0.533. The maximum Gasteiger partial charge on any atom is 0.306 e. The highest BCUT2D eigenvalue weighted by molar-refractivity contribution is 9.10. The number of rotatable bonds is 7. The number of halogens is 2. The Hall–Kier alpha value is -2.06. The Morgan fingerprint density at radius 3 is 2.60 bits per heavy atom. The van der Waals surface area contributed by atoms with Gasteiger partial charge in [0.15, 0.2) is 12.4 Å². The molecule has 1 aromatic heterocycles. The molecule has 0 fully saturated rings. The Labute approximate surface area is 156 Å². The van der Waals surface area contributed by atoms with Gasteiger partial charge in [0.1, 0.15) is 5.82 Å². The second-order valence-electron chi connectivity index (χ2n) is 5.17. The summed E-state index contributed by atoms with van der Waals surface area (Å²) in [6.07, 6.45) is -0.0998. The third-order valence-corrected chi connectivity index (χ3v) is 4.68. The molecule has 0 spiro atoms. The molecule has 2 aromatic rings. The zero-order valence-corrected chi connectivity index (χ0v) is 15.7. The predicted octanol–water partition coefficient (Wildman–Crippen LogP) is 4.10. The summed E-state index contributed by atoms with van der Waals surface area (Å²) in [5.41, 5.74) is -0.00695. The Balaban J connectivity index is 1.74. The van der Waals surface area contributed by atoms with Gasteiger partial charge in [-0.25, -0.2) is 4.39 Å². The van der Waals surface area contributed by atoms with Crippen LogP contribution in [0.15, 0.2) is 34.8 Å². The van der Waals surface area contributed by atoms with Gasteiger partial charge in [0.25, 0.3) is 5.91 Å². The second kappa shape index (κ2) is 8.87. The van der Waals surface area contributed by atoms with E-state index < -0.39 is 24.3 Å². The van der Waals surface area contributed by atoms with Gasteiger partial charge in [-0.1, -0.05) is 15.9 Å². The first-order chi connectivity index (χ1) is 11.8. The van der Waals surface area contributed by atoms with Crippen molar-refractivity contribution in [1.82, 2.24) is 0 Å². The van der Waals surface area contributed by atoms with Crippen molar-refractivity contribution in [1.29, 1.82) is 0 Å². The second-order valence-corrected chi connectivity index (χ2v) is 7.37. The van der Waals surface area contributed by atoms with E-state index in [4.69, 9.17) is 4.74 Å². The van der Waals surface area contributed by atoms with Crippen LogP contribution in [0.5, 0.6) is 0 Å². The molecule has 0 bridgehead atoms. The molecule has 0 radical (unpaired) electrons. The number of ketones is 1. The first kappa shape index (κ1) is 19.3. The van der Waals surface area contributed by atoms with E-state index in [1.54, 1.807) is 12.1 Å². The van der Waals surface area contributed by atoms with Crippen LogP contribution in [-0.2, 0) is 14.3 Å². The number of nitrogens with one attached hydrogen (secondary N) is 1. The molecule has 132 valence electrons. The lowest BCUT2D eigenvalue weighted by atomic mass is 10.2. The maximum absolute atomic E-state index is 13.6. The van der Waals surface area contributed by atoms with Crippen LogP contribution in [0.1, 0.15) is 27.4 Å². The molecule has 0 unspecified atom stereocenters. The van der Waals surface area contributed by atoms with Gasteiger partial charge in [-0.15, -0.1) is 11.3 Å². The van der Waals surface area contributed by atoms with Crippen molar-refractivity contribution >= 4 is 50.6 Å². The molecule has 0 saturated heterocycles. The lowest BCUT2D eigenvalue weighted by Crippen LogP contribution is -2.21. The average molecular weight is 428 g/mol. The van der Waals surface area contributed by atoms with Crippen molar-refractivity contribution in [2.24, 2.45) is 0 Å². The summed E-state index contributed by atoms with van der Waals surface area (Å²) in [5.74, 6) is -2.06. The molecular formula is C17H15BrFNO4S. The fourth-order valence-corrected chi connectivity index (χ4v) is 3.09. The third kappa shape index (κ3) is 6.06. The number of hydrogen-bond donors (Lipinski definition) is 1. The fourth-order valence-electron chi connectivity index (χ4n) is 1.92. The summed E-state index contributed by atoms with van der Waals surface area (Å²) in [5, 5.41) is 2.31. The van der Waals surface area contributed by atoms with Gasteiger partial charge in [0.05, 0.1) is 17.0 Å². The number of carbonyl (C=O) groups is 3. The number of amides is 1. The molecule has 0 aliphatic rings. The van der Waals surface area contributed by atoms with Crippen LogP contribution in [-0.4, -0.2) is 24.3 Å². The number of esters is 1. The van der Waals surface area contributed by atoms with Crippen molar-refractivity contribution in [3.05, 3.63) is 50.4 Å². The number of aryl methyl sites for hydroxylation is 1. The summed E-state index contributed by atoms with van der Waals surface area (Å²) in [6.45, 7) is 1.35. The monoisotopic (exact) mass is 427 g/mol. The van der Waals surface area contributed by atoms with Crippen LogP contribution >= 0.6 is 27.3 Å². The summed E-state index contributed by atoms with van der Waals surface area (Å²) in [4.78, 5) is 36.8. The highest BCUT2D eigenvalue weighted by Crippen LogP contribution is 2.19. The lowest BCUT2D eigenvalue weighted by molar-refractivity contribution is -0.147. The predicted molar refractivity (Wildman–Crippen MR) is 96.3 cm³/mol. The van der Waals surface area contributed by atoms with Crippen molar-refractivity contribution in [3.8, 4) is 0 Å². The van der Waals surface area contributed by atoms with E-state index in [-0.39, 0.29) is 24.3 Å². The van der Waals surface area contributed by atoms with E-state index in [2.05, 4.69) is 21.2 Å². The summed E-state index contributed by atoms with van der Waals surface area (Å²) < 4.78 is 18.9. The molecule has 1 amide bonds. The van der Waals surface area contributed by atoms with Crippen LogP contribution in [0.2, 0.25) is 0 Å². The Bertz CT molecular complexity index is 806. The van der Waals surface area contributed by atoms with E-state index in [1.807, 2.05) is 13.0 Å². The molecule has 0 aliphatic carbocycles. The first-order valence-corrected chi connectivity index (χ1v) is 8.96. The van der Waals surface area contributed by atoms with Gasteiger partial charge >= 0.3 is 5.97 Å². The van der Waals surface area contributed by atoms with Crippen LogP contribution in [0, 0.1) is 12.7 Å². The topological polar surface area (TPSA) is 72.5 Å². The van der Waals surface area contributed by atoms with Gasteiger partial charge in [0, 0.05) is 15.8 Å². The number of ether oxygens (including phenoxy) is 1. The number of Topliss-reactive ketones (excluding diaryl/α,β-unsaturated/α-hetero) is 1. The van der Waals surface area contributed by atoms with E-state index in [9.17, 15) is 18.8 Å². The van der Waals surface area contributed by atoms with Gasteiger partial charge in [0.2, 0.25) is 0 Å². The molecule has 8 heteroatoms. The fraction of sp³-hybridized carbons (Fsp3) is 0.235. The van der Waals surface area contributed by atoms with Crippen molar-refractivity contribution in [2.45, 2.75) is 19.8 Å². The van der Waals surface area contributed by atoms with E-state index >= 15 is 0 Å². The zero-order chi connectivity index (χ0) is 18.4. The van der Waals surface area contributed by atoms with Crippen molar-refractivity contribution < 1.29 is 23.5 Å². The molecule has 25 heavy (non-hydrogen) atoms. The molecule has 0 aliphatic heterocycles. The molecule has 1 aromatic carbocycles. The van der Waals surface area contributed by atoms with Gasteiger partial charge in [-0.05, 0) is 37.3 Å². The average Bonchev–Trinajstić information content (AvgIpc) is 3.00. The highest BCUT2D eigenvalue weighted by Gasteiger charge is 2.14. The summed E-state index contributed by atoms with van der Waals surface area (Å²) in [6, 6.07) is 7.72. The summed E-state index contributed by atoms with van der Waals surface area (Å²) in [7, 11) is 0. The number of carbonyl (C=O) groups excluding carboxylic acids is 3. The standard InChI is InChI=1S/C17H15BrFNO4S/c1-10-2-6-15(25-10)14(21)5-7-17(23)24-9-16(22)20-13-4-3-11(18)8-12(13)19/h2-4,6,8H,5,7,9H2,1H3,(H,20,22). The number of benzene rings is 1. The van der Waals surface area contributed by atoms with Crippen LogP contribution in [0.4, 0.5) is 10.1 Å². The minimum Gasteiger partial charge on any atom is -0.456 e. The highest BCUT2D eigenvalue weighted by atomic mass is 79.9. The Morgan fingerprint density at radius 1 is 1.20 bits per heavy atom. The maximum atomic E-state index is 13.6. The van der Waals surface area contributed by atoms with Crippen molar-refractivity contribution in [3.63, 3.8) is 0 Å². The van der Waals surface area contributed by atoms with E-state index in [0.717, 1.165) is 4.88 Å². The molecule has 0 saturated carbocycles. The molecule has 5 nitrogen and oxygen atoms in total. The lowest BCUT2D eigenvalue weighted by Gasteiger charge is -2.07. The van der Waals surface area contributed by atoms with Gasteiger partial charge in [-0.3, -0.25) is 14.4 Å².